The molecule has 0 saturated carbocycles. The zero-order valence-corrected chi connectivity index (χ0v) is 12.5. The lowest BCUT2D eigenvalue weighted by Gasteiger charge is -2.12. The Morgan fingerprint density at radius 2 is 2.35 bits per heavy atom. The molecule has 1 unspecified atom stereocenters. The topological polar surface area (TPSA) is 82.2 Å². The van der Waals surface area contributed by atoms with Crippen molar-refractivity contribution >= 4 is 11.6 Å². The quantitative estimate of drug-likeness (QED) is 0.683. The standard InChI is InChI=1S/C14H26N4O2/c1-3-12(6-7-15)4-5-14(19)17-13-10-16-18(11-13)8-9-20-2/h10-12H,3-9,15H2,1-2H3,(H,17,19). The average Bonchev–Trinajstić information content (AvgIpc) is 2.88. The van der Waals surface area contributed by atoms with E-state index in [-0.39, 0.29) is 5.91 Å². The van der Waals surface area contributed by atoms with Crippen molar-refractivity contribution in [1.82, 2.24) is 9.78 Å². The number of nitrogens with one attached hydrogen (secondary N) is 1. The summed E-state index contributed by atoms with van der Waals surface area (Å²) in [6, 6.07) is 0. The summed E-state index contributed by atoms with van der Waals surface area (Å²) in [5, 5.41) is 7.02. The fourth-order valence-electron chi connectivity index (χ4n) is 2.08. The zero-order valence-electron chi connectivity index (χ0n) is 12.5. The van der Waals surface area contributed by atoms with E-state index >= 15 is 0 Å². The van der Waals surface area contributed by atoms with Gasteiger partial charge < -0.3 is 15.8 Å². The molecule has 0 fully saturated rings. The van der Waals surface area contributed by atoms with Crippen molar-refractivity contribution in [2.45, 2.75) is 39.2 Å². The molecule has 6 heteroatoms. The van der Waals surface area contributed by atoms with Gasteiger partial charge in [-0.2, -0.15) is 5.10 Å². The Morgan fingerprint density at radius 3 is 3.00 bits per heavy atom. The van der Waals surface area contributed by atoms with Crippen LogP contribution in [-0.4, -0.2) is 35.9 Å². The van der Waals surface area contributed by atoms with E-state index < -0.39 is 0 Å². The van der Waals surface area contributed by atoms with Crippen molar-refractivity contribution in [2.24, 2.45) is 11.7 Å². The van der Waals surface area contributed by atoms with E-state index in [1.54, 1.807) is 18.0 Å². The van der Waals surface area contributed by atoms with Crippen LogP contribution in [0.15, 0.2) is 12.4 Å². The third kappa shape index (κ3) is 6.16. The molecule has 1 aromatic rings. The van der Waals surface area contributed by atoms with E-state index in [4.69, 9.17) is 10.5 Å². The number of anilines is 1. The largest absolute Gasteiger partial charge is 0.383 e. The zero-order chi connectivity index (χ0) is 14.8. The summed E-state index contributed by atoms with van der Waals surface area (Å²) in [4.78, 5) is 11.9. The molecular weight excluding hydrogens is 256 g/mol. The number of rotatable bonds is 10. The maximum atomic E-state index is 11.9. The van der Waals surface area contributed by atoms with E-state index in [2.05, 4.69) is 17.3 Å². The number of ether oxygens (including phenoxy) is 1. The molecule has 1 heterocycles. The number of carbonyl (C=O) groups is 1. The van der Waals surface area contributed by atoms with Gasteiger partial charge in [-0.05, 0) is 25.3 Å². The predicted molar refractivity (Wildman–Crippen MR) is 79.4 cm³/mol. The monoisotopic (exact) mass is 282 g/mol. The fourth-order valence-corrected chi connectivity index (χ4v) is 2.08. The molecular formula is C14H26N4O2. The first-order valence-electron chi connectivity index (χ1n) is 7.20. The van der Waals surface area contributed by atoms with Crippen molar-refractivity contribution in [1.29, 1.82) is 0 Å². The Morgan fingerprint density at radius 1 is 1.55 bits per heavy atom. The minimum Gasteiger partial charge on any atom is -0.383 e. The van der Waals surface area contributed by atoms with Gasteiger partial charge in [0.25, 0.3) is 0 Å². The van der Waals surface area contributed by atoms with Crippen LogP contribution in [0.5, 0.6) is 0 Å². The van der Waals surface area contributed by atoms with Gasteiger partial charge in [-0.15, -0.1) is 0 Å². The van der Waals surface area contributed by atoms with E-state index in [9.17, 15) is 4.79 Å². The second kappa shape index (κ2) is 9.50. The SMILES string of the molecule is CCC(CCN)CCC(=O)Nc1cnn(CCOC)c1. The molecule has 0 aromatic carbocycles. The molecule has 0 aliphatic rings. The first-order valence-corrected chi connectivity index (χ1v) is 7.20. The number of nitrogens with zero attached hydrogens (tertiary/aromatic N) is 2. The van der Waals surface area contributed by atoms with Gasteiger partial charge in [-0.25, -0.2) is 0 Å². The van der Waals surface area contributed by atoms with Crippen LogP contribution in [-0.2, 0) is 16.1 Å². The lowest BCUT2D eigenvalue weighted by atomic mass is 9.96. The van der Waals surface area contributed by atoms with Gasteiger partial charge in [-0.1, -0.05) is 13.3 Å². The third-order valence-electron chi connectivity index (χ3n) is 3.37. The number of carbonyl (C=O) groups excluding carboxylic acids is 1. The van der Waals surface area contributed by atoms with Gasteiger partial charge >= 0.3 is 0 Å². The summed E-state index contributed by atoms with van der Waals surface area (Å²) < 4.78 is 6.73. The summed E-state index contributed by atoms with van der Waals surface area (Å²) in [5.74, 6) is 0.571. The molecule has 0 bridgehead atoms. The maximum Gasteiger partial charge on any atom is 0.224 e. The second-order valence-electron chi connectivity index (χ2n) is 4.92. The van der Waals surface area contributed by atoms with Crippen molar-refractivity contribution in [3.8, 4) is 0 Å². The van der Waals surface area contributed by atoms with Crippen LogP contribution >= 0.6 is 0 Å². The Kier molecular flexibility index (Phi) is 7.91. The van der Waals surface area contributed by atoms with E-state index in [0.29, 0.717) is 32.0 Å². The Balaban J connectivity index is 2.32. The number of methoxy groups -OCH3 is 1. The predicted octanol–water partition coefficient (Wildman–Crippen LogP) is 1.62. The number of aromatic nitrogens is 2. The maximum absolute atomic E-state index is 11.9. The molecule has 114 valence electrons. The molecule has 1 rings (SSSR count). The first-order chi connectivity index (χ1) is 9.69. The molecule has 20 heavy (non-hydrogen) atoms. The fraction of sp³-hybridized carbons (Fsp3) is 0.714. The Bertz CT molecular complexity index is 392. The van der Waals surface area contributed by atoms with Crippen LogP contribution in [0.2, 0.25) is 0 Å². The molecule has 1 aromatic heterocycles. The van der Waals surface area contributed by atoms with Crippen LogP contribution in [0.25, 0.3) is 0 Å². The van der Waals surface area contributed by atoms with E-state index in [1.165, 1.54) is 0 Å². The lowest BCUT2D eigenvalue weighted by molar-refractivity contribution is -0.116. The molecule has 1 atom stereocenters. The summed E-state index contributed by atoms with van der Waals surface area (Å²) >= 11 is 0. The van der Waals surface area contributed by atoms with Crippen molar-refractivity contribution in [2.75, 3.05) is 25.6 Å². The average molecular weight is 282 g/mol. The van der Waals surface area contributed by atoms with Gasteiger partial charge in [0.15, 0.2) is 0 Å². The van der Waals surface area contributed by atoms with Crippen LogP contribution < -0.4 is 11.1 Å². The molecule has 1 amide bonds. The van der Waals surface area contributed by atoms with Crippen LogP contribution in [0.3, 0.4) is 0 Å². The molecule has 0 saturated heterocycles. The molecule has 3 N–H and O–H groups in total. The highest BCUT2D eigenvalue weighted by Gasteiger charge is 2.10. The first kappa shape index (κ1) is 16.7. The number of hydrogen-bond donors (Lipinski definition) is 2. The Hall–Kier alpha value is -1.40. The molecule has 0 radical (unpaired) electrons. The minimum absolute atomic E-state index is 0.0340. The summed E-state index contributed by atoms with van der Waals surface area (Å²) in [6.07, 6.45) is 6.94. The highest BCUT2D eigenvalue weighted by atomic mass is 16.5. The van der Waals surface area contributed by atoms with Crippen molar-refractivity contribution < 1.29 is 9.53 Å². The summed E-state index contributed by atoms with van der Waals surface area (Å²) in [7, 11) is 1.65. The molecule has 6 nitrogen and oxygen atoms in total. The normalized spacial score (nSPS) is 12.3. The highest BCUT2D eigenvalue weighted by molar-refractivity contribution is 5.90. The van der Waals surface area contributed by atoms with Gasteiger partial charge in [0.05, 0.1) is 25.0 Å². The van der Waals surface area contributed by atoms with Crippen molar-refractivity contribution in [3.63, 3.8) is 0 Å². The number of amides is 1. The number of hydrogen-bond acceptors (Lipinski definition) is 4. The molecule has 0 spiro atoms. The van der Waals surface area contributed by atoms with Crippen LogP contribution in [0, 0.1) is 5.92 Å². The number of nitrogens with two attached hydrogens (primary N) is 1. The third-order valence-corrected chi connectivity index (χ3v) is 3.37. The summed E-state index contributed by atoms with van der Waals surface area (Å²) in [5.41, 5.74) is 6.29. The molecule has 0 aliphatic heterocycles. The van der Waals surface area contributed by atoms with Gasteiger partial charge in [-0.3, -0.25) is 9.48 Å². The lowest BCUT2D eigenvalue weighted by Crippen LogP contribution is -2.14. The summed E-state index contributed by atoms with van der Waals surface area (Å²) in [6.45, 7) is 4.11. The Labute approximate surface area is 120 Å². The van der Waals surface area contributed by atoms with Gasteiger partial charge in [0.2, 0.25) is 5.91 Å². The van der Waals surface area contributed by atoms with Crippen molar-refractivity contribution in [3.05, 3.63) is 12.4 Å². The minimum atomic E-state index is 0.0340. The second-order valence-corrected chi connectivity index (χ2v) is 4.92. The van der Waals surface area contributed by atoms with Crippen LogP contribution in [0.1, 0.15) is 32.6 Å². The smallest absolute Gasteiger partial charge is 0.224 e. The van der Waals surface area contributed by atoms with E-state index in [1.807, 2.05) is 6.20 Å². The van der Waals surface area contributed by atoms with Gasteiger partial charge in [0, 0.05) is 19.7 Å². The highest BCUT2D eigenvalue weighted by Crippen LogP contribution is 2.15. The molecule has 0 aliphatic carbocycles. The van der Waals surface area contributed by atoms with Crippen LogP contribution in [0.4, 0.5) is 5.69 Å². The van der Waals surface area contributed by atoms with E-state index in [0.717, 1.165) is 24.9 Å². The van der Waals surface area contributed by atoms with Gasteiger partial charge in [0.1, 0.15) is 0 Å².